The van der Waals surface area contributed by atoms with Crippen LogP contribution in [0.5, 0.6) is 0 Å². The Kier molecular flexibility index (Phi) is 4.19. The van der Waals surface area contributed by atoms with Gasteiger partial charge in [0.2, 0.25) is 0 Å². The van der Waals surface area contributed by atoms with Gasteiger partial charge in [-0.25, -0.2) is 0 Å². The maximum Gasteiger partial charge on any atom is 0.0935 e. The minimum atomic E-state index is 0.261. The van der Waals surface area contributed by atoms with E-state index in [1.54, 1.807) is 7.11 Å². The SMILES string of the molecule is COCC1CN(CC2(C)CCNC2)CCO1. The Labute approximate surface area is 98.3 Å². The highest BCUT2D eigenvalue weighted by Crippen LogP contribution is 2.26. The minimum Gasteiger partial charge on any atom is -0.382 e. The molecule has 2 saturated heterocycles. The topological polar surface area (TPSA) is 33.7 Å². The number of hydrogen-bond donors (Lipinski definition) is 1. The van der Waals surface area contributed by atoms with Crippen LogP contribution in [-0.2, 0) is 9.47 Å². The smallest absolute Gasteiger partial charge is 0.0935 e. The average Bonchev–Trinajstić information content (AvgIpc) is 2.66. The molecular weight excluding hydrogens is 204 g/mol. The van der Waals surface area contributed by atoms with Crippen LogP contribution in [0.4, 0.5) is 0 Å². The van der Waals surface area contributed by atoms with E-state index in [2.05, 4.69) is 17.1 Å². The number of hydrogen-bond acceptors (Lipinski definition) is 4. The molecule has 2 unspecified atom stereocenters. The quantitative estimate of drug-likeness (QED) is 0.752. The van der Waals surface area contributed by atoms with E-state index in [-0.39, 0.29) is 6.10 Å². The molecule has 2 heterocycles. The van der Waals surface area contributed by atoms with E-state index in [1.807, 2.05) is 0 Å². The van der Waals surface area contributed by atoms with Gasteiger partial charge in [0.15, 0.2) is 0 Å². The Balaban J connectivity index is 1.80. The molecule has 2 rings (SSSR count). The molecule has 2 aliphatic rings. The van der Waals surface area contributed by atoms with Crippen molar-refractivity contribution in [3.05, 3.63) is 0 Å². The van der Waals surface area contributed by atoms with Gasteiger partial charge < -0.3 is 14.8 Å². The van der Waals surface area contributed by atoms with Crippen LogP contribution < -0.4 is 5.32 Å². The molecule has 4 nitrogen and oxygen atoms in total. The van der Waals surface area contributed by atoms with Crippen LogP contribution in [0.15, 0.2) is 0 Å². The van der Waals surface area contributed by atoms with Crippen molar-refractivity contribution < 1.29 is 9.47 Å². The van der Waals surface area contributed by atoms with Gasteiger partial charge in [-0.05, 0) is 18.4 Å². The zero-order valence-corrected chi connectivity index (χ0v) is 10.5. The molecule has 0 amide bonds. The Morgan fingerprint density at radius 1 is 1.56 bits per heavy atom. The maximum atomic E-state index is 5.66. The highest BCUT2D eigenvalue weighted by molar-refractivity contribution is 4.87. The molecule has 2 atom stereocenters. The molecule has 0 bridgehead atoms. The summed E-state index contributed by atoms with van der Waals surface area (Å²) < 4.78 is 10.8. The third-order valence-electron chi connectivity index (χ3n) is 3.64. The largest absolute Gasteiger partial charge is 0.382 e. The van der Waals surface area contributed by atoms with Crippen molar-refractivity contribution >= 4 is 0 Å². The monoisotopic (exact) mass is 228 g/mol. The first-order valence-corrected chi connectivity index (χ1v) is 6.25. The van der Waals surface area contributed by atoms with Gasteiger partial charge in [0.25, 0.3) is 0 Å². The number of nitrogens with one attached hydrogen (secondary N) is 1. The Bertz CT molecular complexity index is 215. The van der Waals surface area contributed by atoms with Crippen LogP contribution in [0.2, 0.25) is 0 Å². The van der Waals surface area contributed by atoms with Crippen LogP contribution in [0.1, 0.15) is 13.3 Å². The zero-order valence-electron chi connectivity index (χ0n) is 10.5. The van der Waals surface area contributed by atoms with Crippen LogP contribution in [0.3, 0.4) is 0 Å². The van der Waals surface area contributed by atoms with E-state index in [1.165, 1.54) is 19.5 Å². The molecule has 2 fully saturated rings. The van der Waals surface area contributed by atoms with Gasteiger partial charge in [-0.1, -0.05) is 6.92 Å². The molecule has 2 aliphatic heterocycles. The second-order valence-corrected chi connectivity index (χ2v) is 5.42. The van der Waals surface area contributed by atoms with E-state index in [0.717, 1.165) is 26.2 Å². The van der Waals surface area contributed by atoms with Crippen LogP contribution in [0.25, 0.3) is 0 Å². The van der Waals surface area contributed by atoms with Gasteiger partial charge in [0.1, 0.15) is 0 Å². The summed E-state index contributed by atoms with van der Waals surface area (Å²) >= 11 is 0. The lowest BCUT2D eigenvalue weighted by atomic mass is 9.89. The van der Waals surface area contributed by atoms with Crippen molar-refractivity contribution in [3.8, 4) is 0 Å². The van der Waals surface area contributed by atoms with Gasteiger partial charge in [-0.3, -0.25) is 4.90 Å². The Morgan fingerprint density at radius 3 is 3.12 bits per heavy atom. The van der Waals surface area contributed by atoms with E-state index in [4.69, 9.17) is 9.47 Å². The fraction of sp³-hybridized carbons (Fsp3) is 1.00. The molecule has 0 aromatic heterocycles. The first-order valence-electron chi connectivity index (χ1n) is 6.25. The average molecular weight is 228 g/mol. The number of rotatable bonds is 4. The molecule has 0 spiro atoms. The molecule has 16 heavy (non-hydrogen) atoms. The zero-order chi connectivity index (χ0) is 11.4. The first kappa shape index (κ1) is 12.3. The van der Waals surface area contributed by atoms with Crippen molar-refractivity contribution in [2.75, 3.05) is 53.0 Å². The van der Waals surface area contributed by atoms with Crippen molar-refractivity contribution in [2.45, 2.75) is 19.4 Å². The van der Waals surface area contributed by atoms with Gasteiger partial charge >= 0.3 is 0 Å². The summed E-state index contributed by atoms with van der Waals surface area (Å²) in [5.41, 5.74) is 0.453. The molecule has 1 N–H and O–H groups in total. The molecule has 0 radical (unpaired) electrons. The summed E-state index contributed by atoms with van der Waals surface area (Å²) in [6, 6.07) is 0. The van der Waals surface area contributed by atoms with Crippen molar-refractivity contribution in [1.82, 2.24) is 10.2 Å². The summed E-state index contributed by atoms with van der Waals surface area (Å²) in [5, 5.41) is 3.46. The third kappa shape index (κ3) is 3.17. The summed E-state index contributed by atoms with van der Waals surface area (Å²) in [4.78, 5) is 2.53. The molecule has 94 valence electrons. The third-order valence-corrected chi connectivity index (χ3v) is 3.64. The highest BCUT2D eigenvalue weighted by Gasteiger charge is 2.32. The molecule has 0 aromatic carbocycles. The van der Waals surface area contributed by atoms with Crippen LogP contribution >= 0.6 is 0 Å². The second kappa shape index (κ2) is 5.45. The van der Waals surface area contributed by atoms with Crippen LogP contribution in [0, 0.1) is 5.41 Å². The van der Waals surface area contributed by atoms with Crippen LogP contribution in [-0.4, -0.2) is 64.1 Å². The molecule has 0 saturated carbocycles. The lowest BCUT2D eigenvalue weighted by Gasteiger charge is -2.37. The minimum absolute atomic E-state index is 0.261. The fourth-order valence-electron chi connectivity index (χ4n) is 2.75. The molecule has 4 heteroatoms. The summed E-state index contributed by atoms with van der Waals surface area (Å²) in [6.07, 6.45) is 1.55. The van der Waals surface area contributed by atoms with E-state index >= 15 is 0 Å². The summed E-state index contributed by atoms with van der Waals surface area (Å²) in [6.45, 7) is 9.53. The Morgan fingerprint density at radius 2 is 2.44 bits per heavy atom. The number of ether oxygens (including phenoxy) is 2. The predicted octanol–water partition coefficient (Wildman–Crippen LogP) is 0.333. The normalized spacial score (nSPS) is 36.8. The summed E-state index contributed by atoms with van der Waals surface area (Å²) in [7, 11) is 1.74. The first-order chi connectivity index (χ1) is 7.72. The second-order valence-electron chi connectivity index (χ2n) is 5.42. The van der Waals surface area contributed by atoms with Crippen molar-refractivity contribution in [1.29, 1.82) is 0 Å². The van der Waals surface area contributed by atoms with E-state index in [0.29, 0.717) is 12.0 Å². The standard InChI is InChI=1S/C12H24N2O2/c1-12(3-4-13-9-12)10-14-5-6-16-11(7-14)8-15-2/h11,13H,3-10H2,1-2H3. The predicted molar refractivity (Wildman–Crippen MR) is 63.6 cm³/mol. The van der Waals surface area contributed by atoms with Crippen molar-refractivity contribution in [3.63, 3.8) is 0 Å². The Hall–Kier alpha value is -0.160. The van der Waals surface area contributed by atoms with Gasteiger partial charge in [0, 0.05) is 33.3 Å². The molecule has 0 aliphatic carbocycles. The van der Waals surface area contributed by atoms with Gasteiger partial charge in [-0.2, -0.15) is 0 Å². The maximum absolute atomic E-state index is 5.66. The van der Waals surface area contributed by atoms with E-state index < -0.39 is 0 Å². The number of nitrogens with zero attached hydrogens (tertiary/aromatic N) is 1. The lowest BCUT2D eigenvalue weighted by Crippen LogP contribution is -2.48. The lowest BCUT2D eigenvalue weighted by molar-refractivity contribution is -0.0678. The molecular formula is C12H24N2O2. The number of morpholine rings is 1. The summed E-state index contributed by atoms with van der Waals surface area (Å²) in [5.74, 6) is 0. The molecule has 0 aromatic rings. The number of methoxy groups -OCH3 is 1. The van der Waals surface area contributed by atoms with Crippen molar-refractivity contribution in [2.24, 2.45) is 5.41 Å². The van der Waals surface area contributed by atoms with E-state index in [9.17, 15) is 0 Å². The van der Waals surface area contributed by atoms with Gasteiger partial charge in [-0.15, -0.1) is 0 Å². The highest BCUT2D eigenvalue weighted by atomic mass is 16.5. The fourth-order valence-corrected chi connectivity index (χ4v) is 2.75. The van der Waals surface area contributed by atoms with Gasteiger partial charge in [0.05, 0.1) is 19.3 Å².